The second-order valence-corrected chi connectivity index (χ2v) is 5.76. The molecule has 4 rings (SSSR count). The summed E-state index contributed by atoms with van der Waals surface area (Å²) in [6.45, 7) is 0.400. The molecule has 128 valence electrons. The lowest BCUT2D eigenvalue weighted by Crippen LogP contribution is -3.00. The topological polar surface area (TPSA) is 49.5 Å². The van der Waals surface area contributed by atoms with E-state index in [0.29, 0.717) is 12.5 Å². The van der Waals surface area contributed by atoms with Crippen LogP contribution in [0.3, 0.4) is 0 Å². The van der Waals surface area contributed by atoms with E-state index in [4.69, 9.17) is 4.74 Å². The molecule has 5 nitrogen and oxygen atoms in total. The summed E-state index contributed by atoms with van der Waals surface area (Å²) in [5.41, 5.74) is 0.466. The third-order valence-electron chi connectivity index (χ3n) is 4.33. The Bertz CT molecular complexity index is 858. The molecule has 1 aliphatic rings. The molecule has 1 N–H and O–H groups in total. The number of hydrogen-bond acceptors (Lipinski definition) is 4. The van der Waals surface area contributed by atoms with Gasteiger partial charge in [0.15, 0.2) is 0 Å². The molecule has 0 saturated heterocycles. The Kier molecular flexibility index (Phi) is 4.74. The van der Waals surface area contributed by atoms with Crippen LogP contribution in [0.15, 0.2) is 73.1 Å². The summed E-state index contributed by atoms with van der Waals surface area (Å²) in [4.78, 5) is 6.35. The molecule has 0 radical (unpaired) electrons. The first-order chi connectivity index (χ1) is 11.7. The van der Waals surface area contributed by atoms with Gasteiger partial charge in [-0.2, -0.15) is 4.90 Å². The average molecular weight is 400 g/mol. The van der Waals surface area contributed by atoms with Gasteiger partial charge in [0, 0.05) is 11.6 Å². The Morgan fingerprint density at radius 2 is 1.80 bits per heavy atom. The summed E-state index contributed by atoms with van der Waals surface area (Å²) in [7, 11) is 1.63. The van der Waals surface area contributed by atoms with Crippen molar-refractivity contribution in [2.24, 2.45) is 0 Å². The third-order valence-corrected chi connectivity index (χ3v) is 4.33. The largest absolute Gasteiger partial charge is 1.00 e. The van der Waals surface area contributed by atoms with Crippen LogP contribution in [0.5, 0.6) is 5.75 Å². The van der Waals surface area contributed by atoms with Crippen LogP contribution in [0, 0.1) is 0 Å². The first-order valence-electron chi connectivity index (χ1n) is 7.79. The fraction of sp³-hybridized carbons (Fsp3) is 0.158. The second-order valence-electron chi connectivity index (χ2n) is 5.76. The highest BCUT2D eigenvalue weighted by molar-refractivity contribution is 5.60. The van der Waals surface area contributed by atoms with Gasteiger partial charge in [-0.05, 0) is 36.4 Å². The van der Waals surface area contributed by atoms with Crippen molar-refractivity contribution in [3.63, 3.8) is 0 Å². The molecule has 0 fully saturated rings. The van der Waals surface area contributed by atoms with Gasteiger partial charge in [-0.25, -0.2) is 4.57 Å². The Morgan fingerprint density at radius 1 is 1.08 bits per heavy atom. The summed E-state index contributed by atoms with van der Waals surface area (Å²) in [5, 5.41) is 11.6. The molecule has 6 heteroatoms. The van der Waals surface area contributed by atoms with Gasteiger partial charge in [-0.15, -0.1) is 0 Å². The number of aromatic nitrogens is 2. The van der Waals surface area contributed by atoms with E-state index in [2.05, 4.69) is 4.98 Å². The van der Waals surface area contributed by atoms with Crippen molar-refractivity contribution in [1.82, 2.24) is 4.98 Å². The van der Waals surface area contributed by atoms with Crippen LogP contribution in [0.25, 0.3) is 0 Å². The van der Waals surface area contributed by atoms with E-state index < -0.39 is 5.72 Å². The van der Waals surface area contributed by atoms with Crippen LogP contribution in [0.1, 0.15) is 5.56 Å². The average Bonchev–Trinajstić information content (AvgIpc) is 2.95. The molecule has 3 aromatic rings. The van der Waals surface area contributed by atoms with Gasteiger partial charge in [0.05, 0.1) is 13.3 Å². The standard InChI is InChI=1S/C19H18N3O2.BrH/c1-24-17-10-8-15(9-11-17)19(23)14-21-13-5-12-20-18(21)22(19)16-6-3-2-4-7-16;/h2-13,23H,14H2,1H3;1H/q+1;/p-1. The Hall–Kier alpha value is -2.44. The maximum Gasteiger partial charge on any atom is 0.401 e. The minimum Gasteiger partial charge on any atom is -1.00 e. The van der Waals surface area contributed by atoms with E-state index in [1.54, 1.807) is 13.3 Å². The van der Waals surface area contributed by atoms with Gasteiger partial charge in [-0.1, -0.05) is 23.2 Å². The molecule has 1 aliphatic heterocycles. The van der Waals surface area contributed by atoms with E-state index in [0.717, 1.165) is 17.0 Å². The molecule has 0 bridgehead atoms. The number of methoxy groups -OCH3 is 1. The molecular formula is C19H18BrN3O2. The fourth-order valence-electron chi connectivity index (χ4n) is 3.16. The molecule has 1 aromatic heterocycles. The van der Waals surface area contributed by atoms with Crippen LogP contribution in [0.4, 0.5) is 11.6 Å². The van der Waals surface area contributed by atoms with Crippen molar-refractivity contribution < 1.29 is 31.4 Å². The number of aliphatic hydroxyl groups is 1. The maximum absolute atomic E-state index is 11.6. The summed E-state index contributed by atoms with van der Waals surface area (Å²) in [6, 6.07) is 19.2. The highest BCUT2D eigenvalue weighted by Crippen LogP contribution is 2.40. The first-order valence-corrected chi connectivity index (χ1v) is 7.79. The summed E-state index contributed by atoms with van der Waals surface area (Å²) in [6.07, 6.45) is 3.67. The molecule has 0 aliphatic carbocycles. The fourth-order valence-corrected chi connectivity index (χ4v) is 3.16. The number of benzene rings is 2. The van der Waals surface area contributed by atoms with Crippen LogP contribution < -0.4 is 31.2 Å². The van der Waals surface area contributed by atoms with Crippen LogP contribution in [0.2, 0.25) is 0 Å². The monoisotopic (exact) mass is 399 g/mol. The van der Waals surface area contributed by atoms with Crippen molar-refractivity contribution in [3.8, 4) is 5.75 Å². The van der Waals surface area contributed by atoms with E-state index in [1.165, 1.54) is 0 Å². The molecule has 2 heterocycles. The van der Waals surface area contributed by atoms with E-state index in [-0.39, 0.29) is 17.0 Å². The molecule has 25 heavy (non-hydrogen) atoms. The minimum atomic E-state index is -1.21. The van der Waals surface area contributed by atoms with Gasteiger partial charge >= 0.3 is 5.95 Å². The lowest BCUT2D eigenvalue weighted by molar-refractivity contribution is -0.685. The van der Waals surface area contributed by atoms with Crippen LogP contribution in [-0.4, -0.2) is 17.2 Å². The number of hydrogen-bond donors (Lipinski definition) is 1. The van der Waals surface area contributed by atoms with Gasteiger partial charge in [0.1, 0.15) is 24.2 Å². The maximum atomic E-state index is 11.6. The van der Waals surface area contributed by atoms with Crippen molar-refractivity contribution >= 4 is 11.6 Å². The smallest absolute Gasteiger partial charge is 0.401 e. The Balaban J connectivity index is 0.00000182. The number of anilines is 2. The quantitative estimate of drug-likeness (QED) is 0.596. The van der Waals surface area contributed by atoms with Crippen molar-refractivity contribution in [1.29, 1.82) is 0 Å². The molecule has 1 unspecified atom stereocenters. The Morgan fingerprint density at radius 3 is 2.48 bits per heavy atom. The molecule has 1 atom stereocenters. The minimum absolute atomic E-state index is 0. The Labute approximate surface area is 156 Å². The SMILES string of the molecule is COc1ccc(C2(O)C[n+]3cccnc3N2c2ccccc2)cc1.[Br-]. The summed E-state index contributed by atoms with van der Waals surface area (Å²) < 4.78 is 7.18. The van der Waals surface area contributed by atoms with Gasteiger partial charge in [-0.3, -0.25) is 0 Å². The van der Waals surface area contributed by atoms with Gasteiger partial charge in [0.25, 0.3) is 0 Å². The highest BCUT2D eigenvalue weighted by atomic mass is 79.9. The van der Waals surface area contributed by atoms with E-state index in [9.17, 15) is 5.11 Å². The first kappa shape index (κ1) is 17.4. The lowest BCUT2D eigenvalue weighted by atomic mass is 10.0. The number of para-hydroxylation sites is 1. The molecule has 0 saturated carbocycles. The van der Waals surface area contributed by atoms with Crippen LogP contribution in [-0.2, 0) is 12.3 Å². The molecule has 2 aromatic carbocycles. The normalized spacial score (nSPS) is 18.4. The van der Waals surface area contributed by atoms with E-state index in [1.807, 2.05) is 76.3 Å². The van der Waals surface area contributed by atoms with Gasteiger partial charge in [0.2, 0.25) is 5.72 Å². The van der Waals surface area contributed by atoms with Crippen molar-refractivity contribution in [3.05, 3.63) is 78.6 Å². The number of halogens is 1. The number of nitrogens with zero attached hydrogens (tertiary/aromatic N) is 3. The number of fused-ring (bicyclic) bond motifs is 1. The zero-order valence-electron chi connectivity index (χ0n) is 13.7. The summed E-state index contributed by atoms with van der Waals surface area (Å²) >= 11 is 0. The summed E-state index contributed by atoms with van der Waals surface area (Å²) in [5.74, 6) is 1.47. The van der Waals surface area contributed by atoms with Crippen molar-refractivity contribution in [2.75, 3.05) is 12.0 Å². The number of rotatable bonds is 3. The zero-order valence-corrected chi connectivity index (χ0v) is 15.3. The zero-order chi connectivity index (χ0) is 16.6. The predicted octanol–water partition coefficient (Wildman–Crippen LogP) is -0.621. The predicted molar refractivity (Wildman–Crippen MR) is 89.9 cm³/mol. The lowest BCUT2D eigenvalue weighted by Gasteiger charge is -2.28. The molecular weight excluding hydrogens is 382 g/mol. The molecule has 0 spiro atoms. The highest BCUT2D eigenvalue weighted by Gasteiger charge is 2.52. The van der Waals surface area contributed by atoms with E-state index >= 15 is 0 Å². The second kappa shape index (κ2) is 6.82. The third kappa shape index (κ3) is 2.88. The number of ether oxygens (including phenoxy) is 1. The molecule has 0 amide bonds. The van der Waals surface area contributed by atoms with Crippen molar-refractivity contribution in [2.45, 2.75) is 12.3 Å². The van der Waals surface area contributed by atoms with Gasteiger partial charge < -0.3 is 26.8 Å². The van der Waals surface area contributed by atoms with Crippen LogP contribution >= 0.6 is 0 Å².